The number of amides is 1. The molecular weight excluding hydrogens is 266 g/mol. The highest BCUT2D eigenvalue weighted by atomic mass is 16.2. The van der Waals surface area contributed by atoms with Crippen molar-refractivity contribution in [3.05, 3.63) is 23.4 Å². The molecule has 0 aromatic carbocycles. The Kier molecular flexibility index (Phi) is 7.75. The number of pyridine rings is 1. The van der Waals surface area contributed by atoms with E-state index in [2.05, 4.69) is 17.2 Å². The van der Waals surface area contributed by atoms with Crippen LogP contribution in [0.4, 0.5) is 5.82 Å². The average Bonchev–Trinajstić information content (AvgIpc) is 2.50. The molecule has 21 heavy (non-hydrogen) atoms. The summed E-state index contributed by atoms with van der Waals surface area (Å²) in [6.07, 6.45) is 4.52. The molecule has 5 heteroatoms. The van der Waals surface area contributed by atoms with Gasteiger partial charge in [0.1, 0.15) is 5.82 Å². The van der Waals surface area contributed by atoms with Crippen molar-refractivity contribution in [2.75, 3.05) is 32.6 Å². The van der Waals surface area contributed by atoms with E-state index >= 15 is 0 Å². The predicted octanol–water partition coefficient (Wildman–Crippen LogP) is 2.31. The summed E-state index contributed by atoms with van der Waals surface area (Å²) in [6, 6.07) is 3.68. The molecule has 1 aromatic rings. The zero-order valence-electron chi connectivity index (χ0n) is 13.4. The molecule has 0 atom stereocenters. The molecule has 0 saturated heterocycles. The molecular formula is C16H27N3O2. The maximum absolute atomic E-state index is 12.5. The second kappa shape index (κ2) is 9.34. The molecule has 118 valence electrons. The summed E-state index contributed by atoms with van der Waals surface area (Å²) in [6.45, 7) is 3.02. The molecule has 1 aromatic heterocycles. The molecule has 0 aliphatic heterocycles. The van der Waals surface area contributed by atoms with E-state index in [1.54, 1.807) is 11.0 Å². The van der Waals surface area contributed by atoms with Gasteiger partial charge in [0.2, 0.25) is 0 Å². The summed E-state index contributed by atoms with van der Waals surface area (Å²) in [5, 5.41) is 11.8. The molecule has 0 aliphatic carbocycles. The quantitative estimate of drug-likeness (QED) is 0.686. The van der Waals surface area contributed by atoms with Crippen LogP contribution in [0.2, 0.25) is 0 Å². The predicted molar refractivity (Wildman–Crippen MR) is 85.7 cm³/mol. The minimum atomic E-state index is 0.0234. The molecule has 0 unspecified atom stereocenters. The lowest BCUT2D eigenvalue weighted by Gasteiger charge is -2.18. The van der Waals surface area contributed by atoms with Crippen molar-refractivity contribution in [1.29, 1.82) is 0 Å². The van der Waals surface area contributed by atoms with Gasteiger partial charge in [-0.2, -0.15) is 0 Å². The van der Waals surface area contributed by atoms with Gasteiger partial charge in [0.15, 0.2) is 0 Å². The highest BCUT2D eigenvalue weighted by Crippen LogP contribution is 2.14. The fourth-order valence-corrected chi connectivity index (χ4v) is 2.18. The van der Waals surface area contributed by atoms with Gasteiger partial charge in [0.25, 0.3) is 5.91 Å². The molecule has 0 aliphatic rings. The number of rotatable bonds is 9. The van der Waals surface area contributed by atoms with Crippen LogP contribution in [0.3, 0.4) is 0 Å². The van der Waals surface area contributed by atoms with Crippen molar-refractivity contribution in [2.24, 2.45) is 0 Å². The van der Waals surface area contributed by atoms with E-state index in [0.29, 0.717) is 12.1 Å². The van der Waals surface area contributed by atoms with Crippen molar-refractivity contribution in [3.8, 4) is 0 Å². The molecule has 0 fully saturated rings. The Balaban J connectivity index is 2.73. The molecule has 1 heterocycles. The van der Waals surface area contributed by atoms with Gasteiger partial charge >= 0.3 is 0 Å². The third kappa shape index (κ3) is 5.71. The van der Waals surface area contributed by atoms with Crippen LogP contribution in [0.5, 0.6) is 0 Å². The average molecular weight is 293 g/mol. The Bertz CT molecular complexity index is 449. The molecule has 0 spiro atoms. The fourth-order valence-electron chi connectivity index (χ4n) is 2.18. The Morgan fingerprint density at radius 1 is 1.33 bits per heavy atom. The normalized spacial score (nSPS) is 10.5. The van der Waals surface area contributed by atoms with Crippen molar-refractivity contribution in [1.82, 2.24) is 9.88 Å². The minimum Gasteiger partial charge on any atom is -0.396 e. The van der Waals surface area contributed by atoms with Gasteiger partial charge in [0, 0.05) is 38.5 Å². The first-order chi connectivity index (χ1) is 10.1. The van der Waals surface area contributed by atoms with E-state index in [-0.39, 0.29) is 12.5 Å². The van der Waals surface area contributed by atoms with Crippen LogP contribution in [0.25, 0.3) is 0 Å². The number of nitrogens with zero attached hydrogens (tertiary/aromatic N) is 2. The smallest absolute Gasteiger partial charge is 0.253 e. The number of carbonyl (C=O) groups excluding carboxylic acids is 1. The standard InChI is InChI=1S/C16H27N3O2/c1-4-8-14-11-13(12-15(17-2)18-14)16(21)19(3)9-6-5-7-10-20/h11-12,20H,4-10H2,1-3H3,(H,17,18). The topological polar surface area (TPSA) is 65.5 Å². The number of anilines is 1. The molecule has 0 radical (unpaired) electrons. The van der Waals surface area contributed by atoms with Gasteiger partial charge in [-0.25, -0.2) is 4.98 Å². The Morgan fingerprint density at radius 2 is 2.10 bits per heavy atom. The highest BCUT2D eigenvalue weighted by Gasteiger charge is 2.13. The van der Waals surface area contributed by atoms with Gasteiger partial charge < -0.3 is 15.3 Å². The third-order valence-corrected chi connectivity index (χ3v) is 3.39. The molecule has 0 saturated carbocycles. The first-order valence-corrected chi connectivity index (χ1v) is 7.67. The fraction of sp³-hybridized carbons (Fsp3) is 0.625. The summed E-state index contributed by atoms with van der Waals surface area (Å²) in [5.74, 6) is 0.758. The zero-order valence-corrected chi connectivity index (χ0v) is 13.4. The lowest BCUT2D eigenvalue weighted by Crippen LogP contribution is -2.28. The molecule has 2 N–H and O–H groups in total. The van der Waals surface area contributed by atoms with Crippen LogP contribution in [0.15, 0.2) is 12.1 Å². The number of hydrogen-bond acceptors (Lipinski definition) is 4. The number of carbonyl (C=O) groups is 1. The second-order valence-electron chi connectivity index (χ2n) is 5.24. The monoisotopic (exact) mass is 293 g/mol. The van der Waals surface area contributed by atoms with Crippen molar-refractivity contribution < 1.29 is 9.90 Å². The van der Waals surface area contributed by atoms with Gasteiger partial charge in [-0.15, -0.1) is 0 Å². The van der Waals surface area contributed by atoms with E-state index in [4.69, 9.17) is 5.11 Å². The highest BCUT2D eigenvalue weighted by molar-refractivity contribution is 5.94. The number of unbranched alkanes of at least 4 members (excludes halogenated alkanes) is 2. The summed E-state index contributed by atoms with van der Waals surface area (Å²) in [7, 11) is 3.63. The number of aliphatic hydroxyl groups excluding tert-OH is 1. The number of aliphatic hydroxyl groups is 1. The number of hydrogen-bond donors (Lipinski definition) is 2. The van der Waals surface area contributed by atoms with Crippen LogP contribution >= 0.6 is 0 Å². The van der Waals surface area contributed by atoms with Crippen molar-refractivity contribution in [2.45, 2.75) is 39.0 Å². The maximum Gasteiger partial charge on any atom is 0.253 e. The van der Waals surface area contributed by atoms with E-state index in [0.717, 1.165) is 43.6 Å². The minimum absolute atomic E-state index is 0.0234. The van der Waals surface area contributed by atoms with Crippen molar-refractivity contribution >= 4 is 11.7 Å². The van der Waals surface area contributed by atoms with Crippen LogP contribution in [0.1, 0.15) is 48.7 Å². The molecule has 1 rings (SSSR count). The van der Waals surface area contributed by atoms with E-state index in [1.807, 2.05) is 20.2 Å². The summed E-state index contributed by atoms with van der Waals surface area (Å²) in [5.41, 5.74) is 1.63. The number of aryl methyl sites for hydroxylation is 1. The zero-order chi connectivity index (χ0) is 15.7. The number of nitrogens with one attached hydrogen (secondary N) is 1. The first-order valence-electron chi connectivity index (χ1n) is 7.67. The van der Waals surface area contributed by atoms with Crippen LogP contribution in [-0.2, 0) is 6.42 Å². The van der Waals surface area contributed by atoms with Gasteiger partial charge in [-0.1, -0.05) is 13.3 Å². The largest absolute Gasteiger partial charge is 0.396 e. The van der Waals surface area contributed by atoms with Gasteiger partial charge in [-0.3, -0.25) is 4.79 Å². The maximum atomic E-state index is 12.5. The van der Waals surface area contributed by atoms with Crippen LogP contribution < -0.4 is 5.32 Å². The number of aromatic nitrogens is 1. The van der Waals surface area contributed by atoms with E-state index in [9.17, 15) is 4.79 Å². The van der Waals surface area contributed by atoms with Crippen molar-refractivity contribution in [3.63, 3.8) is 0 Å². The van der Waals surface area contributed by atoms with Gasteiger partial charge in [0.05, 0.1) is 0 Å². The van der Waals surface area contributed by atoms with Crippen LogP contribution in [-0.4, -0.2) is 48.1 Å². The van der Waals surface area contributed by atoms with Gasteiger partial charge in [-0.05, 0) is 37.8 Å². The lowest BCUT2D eigenvalue weighted by molar-refractivity contribution is 0.0792. The summed E-state index contributed by atoms with van der Waals surface area (Å²) >= 11 is 0. The third-order valence-electron chi connectivity index (χ3n) is 3.39. The Hall–Kier alpha value is -1.62. The van der Waals surface area contributed by atoms with E-state index < -0.39 is 0 Å². The molecule has 5 nitrogen and oxygen atoms in total. The molecule has 1 amide bonds. The Morgan fingerprint density at radius 3 is 2.71 bits per heavy atom. The second-order valence-corrected chi connectivity index (χ2v) is 5.24. The molecule has 0 bridgehead atoms. The van der Waals surface area contributed by atoms with E-state index in [1.165, 1.54) is 0 Å². The summed E-state index contributed by atoms with van der Waals surface area (Å²) in [4.78, 5) is 18.7. The SMILES string of the molecule is CCCc1cc(C(=O)N(C)CCCCCO)cc(NC)n1. The lowest BCUT2D eigenvalue weighted by atomic mass is 10.1. The Labute approximate surface area is 127 Å². The summed E-state index contributed by atoms with van der Waals surface area (Å²) < 4.78 is 0. The first kappa shape index (κ1) is 17.4. The van der Waals surface area contributed by atoms with Crippen LogP contribution in [0, 0.1) is 0 Å².